The van der Waals surface area contributed by atoms with Crippen LogP contribution in [0.25, 0.3) is 0 Å². The topological polar surface area (TPSA) is 0 Å². The minimum absolute atomic E-state index is 2.71. The van der Waals surface area contributed by atoms with Gasteiger partial charge in [0.15, 0.2) is 0 Å². The van der Waals surface area contributed by atoms with E-state index in [-0.39, 0.29) is 0 Å². The molecule has 128 valence electrons. The molecule has 0 aromatic rings. The third-order valence-corrected chi connectivity index (χ3v) is 1.98. The van der Waals surface area contributed by atoms with Gasteiger partial charge in [-0.05, 0) is 0 Å². The number of rotatable bonds is 0. The van der Waals surface area contributed by atoms with Gasteiger partial charge in [-0.25, -0.2) is 0 Å². The highest BCUT2D eigenvalue weighted by atomic mass is 19.4. The van der Waals surface area contributed by atoms with Crippen LogP contribution in [-0.4, -0.2) is 36.0 Å². The van der Waals surface area contributed by atoms with Crippen LogP contribution < -0.4 is 0 Å². The highest BCUT2D eigenvalue weighted by molar-refractivity contribution is 5.22. The second kappa shape index (κ2) is 4.76. The maximum Gasteiger partial charge on any atom is 0.397 e. The Kier molecular flexibility index (Phi) is 4.54. The number of hydrogen-bond acceptors (Lipinski definition) is 0. The molecule has 0 saturated heterocycles. The zero-order chi connectivity index (χ0) is 17.7. The number of hydrogen-bond donors (Lipinski definition) is 0. The van der Waals surface area contributed by atoms with Gasteiger partial charge in [-0.3, -0.25) is 0 Å². The molecule has 0 atom stereocenters. The molecule has 0 N–H and O–H groups in total. The van der Waals surface area contributed by atoms with Gasteiger partial charge >= 0.3 is 36.0 Å². The van der Waals surface area contributed by atoms with Crippen molar-refractivity contribution in [3.8, 4) is 0 Å². The lowest BCUT2D eigenvalue weighted by Crippen LogP contribution is -2.82. The molecule has 1 aliphatic carbocycles. The van der Waals surface area contributed by atoms with Crippen LogP contribution in [0.1, 0.15) is 6.42 Å². The van der Waals surface area contributed by atoms with Gasteiger partial charge < -0.3 is 0 Å². The number of alkyl halides is 14. The second-order valence-corrected chi connectivity index (χ2v) is 3.70. The van der Waals surface area contributed by atoms with E-state index in [0.717, 1.165) is 0 Å². The Morgan fingerprint density at radius 2 is 0.571 bits per heavy atom. The van der Waals surface area contributed by atoms with Crippen LogP contribution in [0.2, 0.25) is 0 Å². The van der Waals surface area contributed by atoms with Crippen molar-refractivity contribution in [2.24, 2.45) is 0 Å². The Balaban J connectivity index is 0.000000400. The van der Waals surface area contributed by atoms with E-state index in [2.05, 4.69) is 0 Å². The van der Waals surface area contributed by atoms with Gasteiger partial charge in [-0.2, -0.15) is 61.5 Å². The molecule has 0 amide bonds. The Labute approximate surface area is 105 Å². The van der Waals surface area contributed by atoms with Crippen LogP contribution >= 0.6 is 0 Å². The fourth-order valence-electron chi connectivity index (χ4n) is 0.953. The van der Waals surface area contributed by atoms with Gasteiger partial charge in [0.05, 0.1) is 0 Å². The van der Waals surface area contributed by atoms with E-state index in [1.807, 2.05) is 0 Å². The molecule has 0 spiro atoms. The Bertz CT molecular complexity index is 294. The molecule has 0 unspecified atom stereocenters. The summed E-state index contributed by atoms with van der Waals surface area (Å²) < 4.78 is 158. The van der Waals surface area contributed by atoms with Gasteiger partial charge in [-0.15, -0.1) is 0 Å². The maximum absolute atomic E-state index is 11.6. The molecule has 21 heavy (non-hydrogen) atoms. The van der Waals surface area contributed by atoms with E-state index < -0.39 is 42.5 Å². The van der Waals surface area contributed by atoms with Crippen LogP contribution in [0.3, 0.4) is 0 Å². The summed E-state index contributed by atoms with van der Waals surface area (Å²) in [6.45, 7) is 0. The van der Waals surface area contributed by atoms with E-state index in [1.165, 1.54) is 0 Å². The molecule has 1 fully saturated rings. The second-order valence-electron chi connectivity index (χ2n) is 3.70. The molecule has 1 saturated carbocycles. The summed E-state index contributed by atoms with van der Waals surface area (Å²) >= 11 is 0. The highest BCUT2D eigenvalue weighted by Crippen LogP contribution is 2.69. The summed E-state index contributed by atoms with van der Waals surface area (Å²) in [5.74, 6) is -23.9. The van der Waals surface area contributed by atoms with Crippen LogP contribution in [-0.2, 0) is 0 Å². The van der Waals surface area contributed by atoms with Gasteiger partial charge in [-0.1, -0.05) is 0 Å². The van der Waals surface area contributed by atoms with Crippen molar-refractivity contribution in [1.82, 2.24) is 0 Å². The molecule has 0 radical (unpaired) electrons. The van der Waals surface area contributed by atoms with E-state index in [0.29, 0.717) is 0 Å². The van der Waals surface area contributed by atoms with Crippen molar-refractivity contribution in [2.45, 2.75) is 42.5 Å². The van der Waals surface area contributed by atoms with E-state index in [1.54, 1.807) is 0 Å². The molecular weight excluding hydrogens is 350 g/mol. The largest absolute Gasteiger partial charge is 0.397 e. The molecule has 0 bridgehead atoms. The standard InChI is InChI=1S/C4F8.C3H2F6/c5-1(6)2(7,8)4(11,12)3(1,9)10;4-2(5,6)1-3(7,8)9/h;1H2. The SMILES string of the molecule is FC(F)(F)CC(F)(F)F.FC1(F)C(F)(F)C(F)(F)C1(F)F. The van der Waals surface area contributed by atoms with Gasteiger partial charge in [0.25, 0.3) is 0 Å². The zero-order valence-corrected chi connectivity index (χ0v) is 9.00. The Morgan fingerprint density at radius 3 is 0.619 bits per heavy atom. The average molecular weight is 352 g/mol. The molecule has 1 rings (SSSR count). The first-order valence-electron chi connectivity index (χ1n) is 4.35. The molecule has 0 aliphatic heterocycles. The van der Waals surface area contributed by atoms with Crippen molar-refractivity contribution in [3.63, 3.8) is 0 Å². The highest BCUT2D eigenvalue weighted by Gasteiger charge is 3.01. The summed E-state index contributed by atoms with van der Waals surface area (Å²) in [5.41, 5.74) is 0. The molecule has 0 aromatic carbocycles. The normalized spacial score (nSPS) is 25.4. The van der Waals surface area contributed by atoms with E-state index >= 15 is 0 Å². The van der Waals surface area contributed by atoms with E-state index in [4.69, 9.17) is 0 Å². The average Bonchev–Trinajstić information content (AvgIpc) is 2.10. The number of halogens is 14. The maximum atomic E-state index is 11.6. The third-order valence-electron chi connectivity index (χ3n) is 1.98. The van der Waals surface area contributed by atoms with Crippen LogP contribution in [0.15, 0.2) is 0 Å². The Morgan fingerprint density at radius 1 is 0.429 bits per heavy atom. The Hall–Kier alpha value is -0.980. The first-order valence-corrected chi connectivity index (χ1v) is 4.35. The molecule has 0 aromatic heterocycles. The predicted octanol–water partition coefficient (Wildman–Crippen LogP) is 5.04. The first-order chi connectivity index (χ1) is 8.71. The van der Waals surface area contributed by atoms with Crippen molar-refractivity contribution in [3.05, 3.63) is 0 Å². The predicted molar refractivity (Wildman–Crippen MR) is 36.5 cm³/mol. The quantitative estimate of drug-likeness (QED) is 0.536. The lowest BCUT2D eigenvalue weighted by Gasteiger charge is -2.49. The van der Waals surface area contributed by atoms with Gasteiger partial charge in [0, 0.05) is 0 Å². The van der Waals surface area contributed by atoms with Gasteiger partial charge in [0.2, 0.25) is 0 Å². The summed E-state index contributed by atoms with van der Waals surface area (Å²) in [6, 6.07) is 0. The fourth-order valence-corrected chi connectivity index (χ4v) is 0.953. The minimum atomic E-state index is -5.97. The summed E-state index contributed by atoms with van der Waals surface area (Å²) in [6.07, 6.45) is -13.0. The molecule has 1 aliphatic rings. The third kappa shape index (κ3) is 3.27. The van der Waals surface area contributed by atoms with Crippen LogP contribution in [0.4, 0.5) is 61.5 Å². The monoisotopic (exact) mass is 352 g/mol. The summed E-state index contributed by atoms with van der Waals surface area (Å²) in [5, 5.41) is 0. The van der Waals surface area contributed by atoms with Crippen molar-refractivity contribution in [1.29, 1.82) is 0 Å². The smallest absolute Gasteiger partial charge is 0.192 e. The van der Waals surface area contributed by atoms with E-state index in [9.17, 15) is 61.5 Å². The van der Waals surface area contributed by atoms with Gasteiger partial charge in [0.1, 0.15) is 6.42 Å². The first kappa shape index (κ1) is 20.0. The summed E-state index contributed by atoms with van der Waals surface area (Å²) in [7, 11) is 0. The van der Waals surface area contributed by atoms with Crippen molar-refractivity contribution < 1.29 is 61.5 Å². The molecular formula is C7H2F14. The summed E-state index contributed by atoms with van der Waals surface area (Å²) in [4.78, 5) is 0. The molecule has 14 heteroatoms. The van der Waals surface area contributed by atoms with Crippen LogP contribution in [0, 0.1) is 0 Å². The lowest BCUT2D eigenvalue weighted by molar-refractivity contribution is -0.506. The molecule has 0 nitrogen and oxygen atoms in total. The van der Waals surface area contributed by atoms with Crippen molar-refractivity contribution in [2.75, 3.05) is 0 Å². The minimum Gasteiger partial charge on any atom is -0.192 e. The lowest BCUT2D eigenvalue weighted by atomic mass is 9.80. The zero-order valence-electron chi connectivity index (χ0n) is 9.00. The van der Waals surface area contributed by atoms with Crippen molar-refractivity contribution >= 4 is 0 Å². The molecule has 0 heterocycles. The van der Waals surface area contributed by atoms with Crippen LogP contribution in [0.5, 0.6) is 0 Å². The fraction of sp³-hybridized carbons (Fsp3) is 1.00.